The third kappa shape index (κ3) is 2.67. The first-order valence-electron chi connectivity index (χ1n) is 6.14. The number of nitrogens with one attached hydrogen (secondary N) is 1. The largest absolute Gasteiger partial charge is 0.252 e. The second-order valence-electron chi connectivity index (χ2n) is 4.31. The molecular formula is C15H12FN3S. The van der Waals surface area contributed by atoms with Crippen molar-refractivity contribution in [1.82, 2.24) is 4.98 Å². The molecule has 0 atom stereocenters. The minimum atomic E-state index is -0.253. The minimum absolute atomic E-state index is 0.253. The molecular weight excluding hydrogens is 273 g/mol. The van der Waals surface area contributed by atoms with Gasteiger partial charge < -0.3 is 0 Å². The minimum Gasteiger partial charge on any atom is -0.252 e. The number of nitrogens with zero attached hydrogens (tertiary/aromatic N) is 2. The summed E-state index contributed by atoms with van der Waals surface area (Å²) in [5.41, 5.74) is 5.61. The van der Waals surface area contributed by atoms with E-state index in [9.17, 15) is 4.39 Å². The molecule has 3 rings (SSSR count). The summed E-state index contributed by atoms with van der Waals surface area (Å²) in [6, 6.07) is 14.4. The summed E-state index contributed by atoms with van der Waals surface area (Å²) in [6.45, 7) is 1.93. The number of benzene rings is 2. The van der Waals surface area contributed by atoms with Crippen LogP contribution >= 0.6 is 11.3 Å². The van der Waals surface area contributed by atoms with Crippen LogP contribution in [0.25, 0.3) is 10.2 Å². The third-order valence-electron chi connectivity index (χ3n) is 2.86. The molecule has 0 spiro atoms. The fraction of sp³-hybridized carbons (Fsp3) is 0.0667. The van der Waals surface area contributed by atoms with Gasteiger partial charge in [-0.15, -0.1) is 0 Å². The van der Waals surface area contributed by atoms with E-state index >= 15 is 0 Å². The molecule has 0 saturated carbocycles. The molecule has 0 aliphatic rings. The molecule has 0 amide bonds. The Labute approximate surface area is 119 Å². The number of thiazole rings is 1. The summed E-state index contributed by atoms with van der Waals surface area (Å²) in [5, 5.41) is 4.96. The van der Waals surface area contributed by atoms with Gasteiger partial charge in [-0.3, -0.25) is 5.43 Å². The smallest absolute Gasteiger partial charge is 0.204 e. The first-order chi connectivity index (χ1) is 9.72. The molecule has 20 heavy (non-hydrogen) atoms. The second kappa shape index (κ2) is 5.38. The lowest BCUT2D eigenvalue weighted by Crippen LogP contribution is -1.98. The van der Waals surface area contributed by atoms with Crippen LogP contribution in [-0.2, 0) is 0 Å². The van der Waals surface area contributed by atoms with Crippen molar-refractivity contribution < 1.29 is 4.39 Å². The number of anilines is 1. The van der Waals surface area contributed by atoms with Crippen molar-refractivity contribution in [2.24, 2.45) is 5.10 Å². The monoisotopic (exact) mass is 285 g/mol. The maximum absolute atomic E-state index is 13.1. The Balaban J connectivity index is 1.83. The van der Waals surface area contributed by atoms with Gasteiger partial charge in [-0.25, -0.2) is 9.37 Å². The Morgan fingerprint density at radius 3 is 2.80 bits per heavy atom. The fourth-order valence-corrected chi connectivity index (χ4v) is 2.66. The predicted octanol–water partition coefficient (Wildman–Crippen LogP) is 4.27. The maximum atomic E-state index is 13.1. The van der Waals surface area contributed by atoms with Crippen LogP contribution in [0.15, 0.2) is 53.6 Å². The molecule has 1 N–H and O–H groups in total. The molecule has 0 bridgehead atoms. The average molecular weight is 285 g/mol. The number of hydrogen-bond acceptors (Lipinski definition) is 4. The maximum Gasteiger partial charge on any atom is 0.204 e. The van der Waals surface area contributed by atoms with E-state index in [0.717, 1.165) is 21.5 Å². The van der Waals surface area contributed by atoms with Gasteiger partial charge in [-0.2, -0.15) is 5.10 Å². The number of fused-ring (bicyclic) bond motifs is 1. The SMILES string of the molecule is C/C(=N\Nc1nc2ccc(F)cc2s1)c1ccccc1. The number of halogens is 1. The van der Waals surface area contributed by atoms with Gasteiger partial charge >= 0.3 is 0 Å². The lowest BCUT2D eigenvalue weighted by molar-refractivity contribution is 0.630. The summed E-state index contributed by atoms with van der Waals surface area (Å²) in [6.07, 6.45) is 0. The van der Waals surface area contributed by atoms with Crippen LogP contribution in [0, 0.1) is 5.82 Å². The summed E-state index contributed by atoms with van der Waals surface area (Å²) >= 11 is 1.38. The zero-order valence-electron chi connectivity index (χ0n) is 10.8. The molecule has 3 nitrogen and oxygen atoms in total. The lowest BCUT2D eigenvalue weighted by Gasteiger charge is -2.00. The molecule has 1 aromatic heterocycles. The highest BCUT2D eigenvalue weighted by Crippen LogP contribution is 2.26. The summed E-state index contributed by atoms with van der Waals surface area (Å²) in [5.74, 6) is -0.253. The highest BCUT2D eigenvalue weighted by atomic mass is 32.1. The van der Waals surface area contributed by atoms with E-state index in [1.54, 1.807) is 6.07 Å². The standard InChI is InChI=1S/C15H12FN3S/c1-10(11-5-3-2-4-6-11)18-19-15-17-13-8-7-12(16)9-14(13)20-15/h2-9H,1H3,(H,17,19)/b18-10+. The van der Waals surface area contributed by atoms with E-state index in [-0.39, 0.29) is 5.82 Å². The summed E-state index contributed by atoms with van der Waals surface area (Å²) in [7, 11) is 0. The molecule has 2 aromatic carbocycles. The zero-order chi connectivity index (χ0) is 13.9. The Kier molecular flexibility index (Phi) is 3.43. The van der Waals surface area contributed by atoms with Crippen LogP contribution in [0.1, 0.15) is 12.5 Å². The Hall–Kier alpha value is -2.27. The highest BCUT2D eigenvalue weighted by Gasteiger charge is 2.04. The van der Waals surface area contributed by atoms with E-state index in [0.29, 0.717) is 5.13 Å². The van der Waals surface area contributed by atoms with Crippen molar-refractivity contribution >= 4 is 32.4 Å². The summed E-state index contributed by atoms with van der Waals surface area (Å²) in [4.78, 5) is 4.35. The van der Waals surface area contributed by atoms with Crippen LogP contribution in [0.3, 0.4) is 0 Å². The van der Waals surface area contributed by atoms with Gasteiger partial charge in [-0.05, 0) is 30.7 Å². The van der Waals surface area contributed by atoms with Crippen molar-refractivity contribution in [3.63, 3.8) is 0 Å². The molecule has 3 aromatic rings. The van der Waals surface area contributed by atoms with E-state index in [1.807, 2.05) is 37.3 Å². The van der Waals surface area contributed by atoms with Gasteiger partial charge in [0.15, 0.2) is 0 Å². The van der Waals surface area contributed by atoms with Crippen molar-refractivity contribution in [1.29, 1.82) is 0 Å². The Bertz CT molecular complexity index is 765. The van der Waals surface area contributed by atoms with E-state index in [4.69, 9.17) is 0 Å². The number of aromatic nitrogens is 1. The molecule has 5 heteroatoms. The lowest BCUT2D eigenvalue weighted by atomic mass is 10.1. The van der Waals surface area contributed by atoms with Gasteiger partial charge in [0.1, 0.15) is 5.82 Å². The molecule has 100 valence electrons. The first-order valence-corrected chi connectivity index (χ1v) is 6.96. The van der Waals surface area contributed by atoms with Gasteiger partial charge in [0.25, 0.3) is 0 Å². The van der Waals surface area contributed by atoms with Crippen molar-refractivity contribution in [3.8, 4) is 0 Å². The third-order valence-corrected chi connectivity index (χ3v) is 3.78. The molecule has 0 saturated heterocycles. The molecule has 0 radical (unpaired) electrons. The van der Waals surface area contributed by atoms with Crippen LogP contribution in [0.2, 0.25) is 0 Å². The molecule has 0 aliphatic carbocycles. The van der Waals surface area contributed by atoms with Crippen molar-refractivity contribution in [3.05, 3.63) is 59.9 Å². The van der Waals surface area contributed by atoms with Crippen LogP contribution in [-0.4, -0.2) is 10.7 Å². The number of rotatable bonds is 3. The van der Waals surface area contributed by atoms with Gasteiger partial charge in [-0.1, -0.05) is 41.7 Å². The quantitative estimate of drug-likeness (QED) is 0.576. The van der Waals surface area contributed by atoms with Gasteiger partial charge in [0, 0.05) is 0 Å². The van der Waals surface area contributed by atoms with E-state index < -0.39 is 0 Å². The van der Waals surface area contributed by atoms with Gasteiger partial charge in [0.2, 0.25) is 5.13 Å². The summed E-state index contributed by atoms with van der Waals surface area (Å²) < 4.78 is 13.9. The molecule has 1 heterocycles. The zero-order valence-corrected chi connectivity index (χ0v) is 11.6. The van der Waals surface area contributed by atoms with E-state index in [2.05, 4.69) is 15.5 Å². The Morgan fingerprint density at radius 1 is 1.20 bits per heavy atom. The van der Waals surface area contributed by atoms with Gasteiger partial charge in [0.05, 0.1) is 15.9 Å². The van der Waals surface area contributed by atoms with E-state index in [1.165, 1.54) is 23.5 Å². The van der Waals surface area contributed by atoms with Crippen LogP contribution in [0.4, 0.5) is 9.52 Å². The second-order valence-corrected chi connectivity index (χ2v) is 5.34. The fourth-order valence-electron chi connectivity index (χ4n) is 1.82. The normalized spacial score (nSPS) is 11.8. The molecule has 0 unspecified atom stereocenters. The van der Waals surface area contributed by atoms with Crippen molar-refractivity contribution in [2.75, 3.05) is 5.43 Å². The average Bonchev–Trinajstić information content (AvgIpc) is 2.87. The van der Waals surface area contributed by atoms with Crippen LogP contribution < -0.4 is 5.43 Å². The number of hydrazone groups is 1. The number of hydrogen-bond donors (Lipinski definition) is 1. The highest BCUT2D eigenvalue weighted by molar-refractivity contribution is 7.22. The van der Waals surface area contributed by atoms with Crippen LogP contribution in [0.5, 0.6) is 0 Å². The van der Waals surface area contributed by atoms with Crippen molar-refractivity contribution in [2.45, 2.75) is 6.92 Å². The topological polar surface area (TPSA) is 37.3 Å². The Morgan fingerprint density at radius 2 is 2.00 bits per heavy atom. The first kappa shape index (κ1) is 12.7. The predicted molar refractivity (Wildman–Crippen MR) is 81.9 cm³/mol. The molecule has 0 aliphatic heterocycles. The molecule has 0 fully saturated rings.